The predicted octanol–water partition coefficient (Wildman–Crippen LogP) is 2.29. The highest BCUT2D eigenvalue weighted by molar-refractivity contribution is 9.10. The number of rotatable bonds is 6. The molecule has 0 amide bonds. The quantitative estimate of drug-likeness (QED) is 0.874. The van der Waals surface area contributed by atoms with Crippen LogP contribution in [0.4, 0.5) is 0 Å². The summed E-state index contributed by atoms with van der Waals surface area (Å²) < 4.78 is 31.5. The first-order chi connectivity index (χ1) is 7.98. The Morgan fingerprint density at radius 2 is 2.12 bits per heavy atom. The highest BCUT2D eigenvalue weighted by Crippen LogP contribution is 2.22. The first-order valence-corrected chi connectivity index (χ1v) is 7.72. The molecule has 0 saturated heterocycles. The molecule has 17 heavy (non-hydrogen) atoms. The van der Waals surface area contributed by atoms with Gasteiger partial charge in [0.25, 0.3) is 0 Å². The molecule has 0 heterocycles. The summed E-state index contributed by atoms with van der Waals surface area (Å²) in [4.78, 5) is 0. The number of ether oxygens (including phenoxy) is 1. The van der Waals surface area contributed by atoms with E-state index in [0.717, 1.165) is 10.0 Å². The lowest BCUT2D eigenvalue weighted by Gasteiger charge is -2.09. The Hall–Kier alpha value is -0.590. The van der Waals surface area contributed by atoms with Gasteiger partial charge < -0.3 is 4.74 Å². The summed E-state index contributed by atoms with van der Waals surface area (Å²) in [6.45, 7) is 2.10. The fourth-order valence-electron chi connectivity index (χ4n) is 1.34. The third kappa shape index (κ3) is 4.65. The van der Waals surface area contributed by atoms with Crippen LogP contribution in [-0.2, 0) is 16.6 Å². The molecule has 0 saturated carbocycles. The van der Waals surface area contributed by atoms with Crippen molar-refractivity contribution in [2.24, 2.45) is 0 Å². The summed E-state index contributed by atoms with van der Waals surface area (Å²) in [6.07, 6.45) is 0.606. The minimum absolute atomic E-state index is 0.147. The van der Waals surface area contributed by atoms with Crippen LogP contribution in [0.3, 0.4) is 0 Å². The fraction of sp³-hybridized carbons (Fsp3) is 0.455. The number of sulfonamides is 1. The Labute approximate surface area is 111 Å². The van der Waals surface area contributed by atoms with Gasteiger partial charge in [0.2, 0.25) is 10.0 Å². The third-order valence-electron chi connectivity index (χ3n) is 2.21. The molecule has 1 aromatic carbocycles. The van der Waals surface area contributed by atoms with Crippen LogP contribution in [0.2, 0.25) is 0 Å². The minimum Gasteiger partial charge on any atom is -0.497 e. The molecule has 0 spiro atoms. The molecule has 0 unspecified atom stereocenters. The number of nitrogens with one attached hydrogen (secondary N) is 1. The summed E-state index contributed by atoms with van der Waals surface area (Å²) in [5.41, 5.74) is 0.851. The van der Waals surface area contributed by atoms with E-state index < -0.39 is 10.0 Å². The number of methoxy groups -OCH3 is 1. The van der Waals surface area contributed by atoms with Crippen LogP contribution in [0.1, 0.15) is 18.9 Å². The van der Waals surface area contributed by atoms with Gasteiger partial charge in [-0.1, -0.05) is 22.9 Å². The van der Waals surface area contributed by atoms with E-state index in [-0.39, 0.29) is 12.3 Å². The van der Waals surface area contributed by atoms with Crippen molar-refractivity contribution in [3.8, 4) is 5.75 Å². The molecular weight excluding hydrogens is 306 g/mol. The molecule has 6 heteroatoms. The van der Waals surface area contributed by atoms with Gasteiger partial charge in [0.05, 0.1) is 12.9 Å². The first kappa shape index (κ1) is 14.5. The first-order valence-electron chi connectivity index (χ1n) is 5.28. The summed E-state index contributed by atoms with van der Waals surface area (Å²) in [7, 11) is -1.60. The Bertz CT molecular complexity index is 474. The summed E-state index contributed by atoms with van der Waals surface area (Å²) >= 11 is 3.38. The second-order valence-electron chi connectivity index (χ2n) is 3.60. The van der Waals surface area contributed by atoms with Crippen LogP contribution < -0.4 is 9.46 Å². The van der Waals surface area contributed by atoms with Gasteiger partial charge in [-0.25, -0.2) is 13.1 Å². The van der Waals surface area contributed by atoms with E-state index in [0.29, 0.717) is 12.2 Å². The van der Waals surface area contributed by atoms with E-state index in [9.17, 15) is 8.42 Å². The zero-order valence-electron chi connectivity index (χ0n) is 9.86. The standard InChI is InChI=1S/C11H16BrNO3S/c1-3-6-17(14,15)13-8-9-7-10(16-2)4-5-11(9)12/h4-5,7,13H,3,6,8H2,1-2H3. The molecule has 0 aliphatic heterocycles. The maximum atomic E-state index is 11.5. The van der Waals surface area contributed by atoms with E-state index in [1.807, 2.05) is 19.1 Å². The summed E-state index contributed by atoms with van der Waals surface area (Å²) in [5.74, 6) is 0.854. The predicted molar refractivity (Wildman–Crippen MR) is 71.6 cm³/mol. The highest BCUT2D eigenvalue weighted by Gasteiger charge is 2.10. The average molecular weight is 322 g/mol. The Kier molecular flexibility index (Phi) is 5.42. The Morgan fingerprint density at radius 3 is 2.71 bits per heavy atom. The van der Waals surface area contributed by atoms with E-state index in [2.05, 4.69) is 20.7 Å². The topological polar surface area (TPSA) is 55.4 Å². The number of benzene rings is 1. The number of hydrogen-bond acceptors (Lipinski definition) is 3. The normalized spacial score (nSPS) is 11.5. The van der Waals surface area contributed by atoms with Crippen molar-refractivity contribution in [2.75, 3.05) is 12.9 Å². The van der Waals surface area contributed by atoms with Gasteiger partial charge in [0, 0.05) is 11.0 Å². The molecule has 1 rings (SSSR count). The van der Waals surface area contributed by atoms with Gasteiger partial charge in [-0.3, -0.25) is 0 Å². The van der Waals surface area contributed by atoms with Gasteiger partial charge in [-0.05, 0) is 30.2 Å². The number of hydrogen-bond donors (Lipinski definition) is 1. The van der Waals surface area contributed by atoms with Crippen molar-refractivity contribution < 1.29 is 13.2 Å². The minimum atomic E-state index is -3.18. The molecule has 0 radical (unpaired) electrons. The van der Waals surface area contributed by atoms with Crippen LogP contribution in [0.25, 0.3) is 0 Å². The van der Waals surface area contributed by atoms with Gasteiger partial charge in [0.15, 0.2) is 0 Å². The van der Waals surface area contributed by atoms with Gasteiger partial charge in [0.1, 0.15) is 5.75 Å². The molecule has 0 aliphatic rings. The molecule has 1 N–H and O–H groups in total. The average Bonchev–Trinajstić information content (AvgIpc) is 2.28. The van der Waals surface area contributed by atoms with Gasteiger partial charge in [-0.2, -0.15) is 0 Å². The zero-order chi connectivity index (χ0) is 12.9. The monoisotopic (exact) mass is 321 g/mol. The third-order valence-corrected chi connectivity index (χ3v) is 4.51. The molecule has 0 fully saturated rings. The van der Waals surface area contributed by atoms with Crippen molar-refractivity contribution in [1.29, 1.82) is 0 Å². The van der Waals surface area contributed by atoms with Crippen LogP contribution in [0, 0.1) is 0 Å². The van der Waals surface area contributed by atoms with Crippen molar-refractivity contribution >= 4 is 26.0 Å². The van der Waals surface area contributed by atoms with Crippen molar-refractivity contribution in [2.45, 2.75) is 19.9 Å². The van der Waals surface area contributed by atoms with Crippen LogP contribution in [0.5, 0.6) is 5.75 Å². The molecule has 0 aliphatic carbocycles. The number of halogens is 1. The molecule has 4 nitrogen and oxygen atoms in total. The molecule has 1 aromatic rings. The maximum Gasteiger partial charge on any atom is 0.211 e. The second-order valence-corrected chi connectivity index (χ2v) is 6.38. The van der Waals surface area contributed by atoms with E-state index in [4.69, 9.17) is 4.74 Å². The van der Waals surface area contributed by atoms with Crippen LogP contribution >= 0.6 is 15.9 Å². The molecule has 0 bridgehead atoms. The Morgan fingerprint density at radius 1 is 1.41 bits per heavy atom. The van der Waals surface area contributed by atoms with Gasteiger partial charge >= 0.3 is 0 Å². The van der Waals surface area contributed by atoms with E-state index in [1.54, 1.807) is 13.2 Å². The van der Waals surface area contributed by atoms with Crippen molar-refractivity contribution in [3.63, 3.8) is 0 Å². The van der Waals surface area contributed by atoms with E-state index in [1.165, 1.54) is 0 Å². The smallest absolute Gasteiger partial charge is 0.211 e. The Balaban J connectivity index is 2.75. The van der Waals surface area contributed by atoms with Crippen molar-refractivity contribution in [1.82, 2.24) is 4.72 Å². The molecule has 96 valence electrons. The lowest BCUT2D eigenvalue weighted by molar-refractivity contribution is 0.414. The lowest BCUT2D eigenvalue weighted by atomic mass is 10.2. The van der Waals surface area contributed by atoms with E-state index >= 15 is 0 Å². The highest BCUT2D eigenvalue weighted by atomic mass is 79.9. The summed E-state index contributed by atoms with van der Waals surface area (Å²) in [5, 5.41) is 0. The fourth-order valence-corrected chi connectivity index (χ4v) is 2.79. The SMILES string of the molecule is CCCS(=O)(=O)NCc1cc(OC)ccc1Br. The lowest BCUT2D eigenvalue weighted by Crippen LogP contribution is -2.25. The molecular formula is C11H16BrNO3S. The zero-order valence-corrected chi connectivity index (χ0v) is 12.3. The second kappa shape index (κ2) is 6.37. The summed E-state index contributed by atoms with van der Waals surface area (Å²) in [6, 6.07) is 5.45. The maximum absolute atomic E-state index is 11.5. The van der Waals surface area contributed by atoms with Gasteiger partial charge in [-0.15, -0.1) is 0 Å². The largest absolute Gasteiger partial charge is 0.497 e. The van der Waals surface area contributed by atoms with Crippen LogP contribution in [-0.4, -0.2) is 21.3 Å². The van der Waals surface area contributed by atoms with Crippen LogP contribution in [0.15, 0.2) is 22.7 Å². The molecule has 0 aromatic heterocycles. The van der Waals surface area contributed by atoms with Crippen molar-refractivity contribution in [3.05, 3.63) is 28.2 Å². The molecule has 0 atom stereocenters.